The SMILES string of the molecule is Cc1ccc(C(=O)N2CCN(C(=O)CC(N)c3ccccc3)CC2)cc1F. The Morgan fingerprint density at radius 1 is 1.04 bits per heavy atom. The maximum absolute atomic E-state index is 13.7. The summed E-state index contributed by atoms with van der Waals surface area (Å²) in [6.45, 7) is 3.44. The molecule has 2 aromatic rings. The number of piperazine rings is 1. The van der Waals surface area contributed by atoms with Crippen molar-refractivity contribution in [3.05, 3.63) is 71.0 Å². The maximum atomic E-state index is 13.7. The van der Waals surface area contributed by atoms with Crippen molar-refractivity contribution >= 4 is 11.8 Å². The van der Waals surface area contributed by atoms with Gasteiger partial charge in [0.15, 0.2) is 0 Å². The van der Waals surface area contributed by atoms with Gasteiger partial charge in [-0.3, -0.25) is 9.59 Å². The molecule has 1 fully saturated rings. The Morgan fingerprint density at radius 2 is 1.67 bits per heavy atom. The lowest BCUT2D eigenvalue weighted by Crippen LogP contribution is -2.51. The molecule has 1 unspecified atom stereocenters. The highest BCUT2D eigenvalue weighted by Gasteiger charge is 2.26. The van der Waals surface area contributed by atoms with E-state index in [4.69, 9.17) is 5.73 Å². The zero-order valence-corrected chi connectivity index (χ0v) is 15.4. The van der Waals surface area contributed by atoms with Gasteiger partial charge in [-0.05, 0) is 30.2 Å². The molecule has 1 atom stereocenters. The highest BCUT2D eigenvalue weighted by molar-refractivity contribution is 5.94. The van der Waals surface area contributed by atoms with E-state index in [0.29, 0.717) is 37.3 Å². The smallest absolute Gasteiger partial charge is 0.254 e. The predicted molar refractivity (Wildman–Crippen MR) is 102 cm³/mol. The highest BCUT2D eigenvalue weighted by Crippen LogP contribution is 2.17. The Morgan fingerprint density at radius 3 is 2.30 bits per heavy atom. The first-order valence-corrected chi connectivity index (χ1v) is 9.09. The molecule has 6 heteroatoms. The molecule has 1 saturated heterocycles. The molecular formula is C21H24FN3O2. The molecule has 0 aliphatic carbocycles. The van der Waals surface area contributed by atoms with Crippen LogP contribution in [0, 0.1) is 12.7 Å². The van der Waals surface area contributed by atoms with Crippen LogP contribution in [0.15, 0.2) is 48.5 Å². The fourth-order valence-corrected chi connectivity index (χ4v) is 3.20. The van der Waals surface area contributed by atoms with E-state index in [9.17, 15) is 14.0 Å². The van der Waals surface area contributed by atoms with Crippen LogP contribution in [0.5, 0.6) is 0 Å². The molecule has 0 aromatic heterocycles. The molecule has 27 heavy (non-hydrogen) atoms. The summed E-state index contributed by atoms with van der Waals surface area (Å²) >= 11 is 0. The number of rotatable bonds is 4. The number of benzene rings is 2. The fourth-order valence-electron chi connectivity index (χ4n) is 3.20. The minimum absolute atomic E-state index is 0.0140. The van der Waals surface area contributed by atoms with E-state index in [0.717, 1.165) is 5.56 Å². The van der Waals surface area contributed by atoms with Crippen LogP contribution < -0.4 is 5.73 Å². The Balaban J connectivity index is 1.54. The molecule has 0 saturated carbocycles. The molecule has 5 nitrogen and oxygen atoms in total. The fraction of sp³-hybridized carbons (Fsp3) is 0.333. The Labute approximate surface area is 158 Å². The average Bonchev–Trinajstić information content (AvgIpc) is 2.70. The molecule has 0 bridgehead atoms. The van der Waals surface area contributed by atoms with Crippen molar-refractivity contribution in [2.75, 3.05) is 26.2 Å². The van der Waals surface area contributed by atoms with E-state index in [1.807, 2.05) is 30.3 Å². The van der Waals surface area contributed by atoms with E-state index in [-0.39, 0.29) is 30.1 Å². The number of hydrogen-bond donors (Lipinski definition) is 1. The number of carbonyl (C=O) groups is 2. The van der Waals surface area contributed by atoms with Gasteiger partial charge >= 0.3 is 0 Å². The third kappa shape index (κ3) is 4.52. The first-order chi connectivity index (χ1) is 13.0. The molecule has 0 radical (unpaired) electrons. The number of hydrogen-bond acceptors (Lipinski definition) is 3. The number of nitrogens with zero attached hydrogens (tertiary/aromatic N) is 2. The van der Waals surface area contributed by atoms with Crippen molar-refractivity contribution in [1.29, 1.82) is 0 Å². The lowest BCUT2D eigenvalue weighted by atomic mass is 10.0. The van der Waals surface area contributed by atoms with Crippen LogP contribution in [0.3, 0.4) is 0 Å². The third-order valence-corrected chi connectivity index (χ3v) is 4.96. The molecule has 142 valence electrons. The lowest BCUT2D eigenvalue weighted by Gasteiger charge is -2.35. The minimum Gasteiger partial charge on any atom is -0.339 e. The van der Waals surface area contributed by atoms with Crippen LogP contribution in [-0.2, 0) is 4.79 Å². The predicted octanol–water partition coefficient (Wildman–Crippen LogP) is 2.51. The highest BCUT2D eigenvalue weighted by atomic mass is 19.1. The van der Waals surface area contributed by atoms with Crippen molar-refractivity contribution < 1.29 is 14.0 Å². The zero-order valence-electron chi connectivity index (χ0n) is 15.4. The van der Waals surface area contributed by atoms with E-state index in [1.165, 1.54) is 6.07 Å². The van der Waals surface area contributed by atoms with E-state index in [2.05, 4.69) is 0 Å². The molecule has 3 rings (SSSR count). The summed E-state index contributed by atoms with van der Waals surface area (Å²) in [5, 5.41) is 0. The lowest BCUT2D eigenvalue weighted by molar-refractivity contribution is -0.133. The number of carbonyl (C=O) groups excluding carboxylic acids is 2. The summed E-state index contributed by atoms with van der Waals surface area (Å²) in [6, 6.07) is 13.7. The van der Waals surface area contributed by atoms with Gasteiger partial charge in [0.05, 0.1) is 0 Å². The van der Waals surface area contributed by atoms with Crippen LogP contribution in [-0.4, -0.2) is 47.8 Å². The second kappa shape index (κ2) is 8.31. The Kier molecular flexibility index (Phi) is 5.86. The summed E-state index contributed by atoms with van der Waals surface area (Å²) in [6.07, 6.45) is 0.237. The summed E-state index contributed by atoms with van der Waals surface area (Å²) < 4.78 is 13.7. The van der Waals surface area contributed by atoms with E-state index < -0.39 is 0 Å². The molecule has 2 aromatic carbocycles. The van der Waals surface area contributed by atoms with Crippen LogP contribution in [0.4, 0.5) is 4.39 Å². The van der Waals surface area contributed by atoms with Crippen LogP contribution in [0.25, 0.3) is 0 Å². The van der Waals surface area contributed by atoms with E-state index in [1.54, 1.807) is 28.9 Å². The van der Waals surface area contributed by atoms with Crippen molar-refractivity contribution in [3.63, 3.8) is 0 Å². The number of aryl methyl sites for hydroxylation is 1. The monoisotopic (exact) mass is 369 g/mol. The second-order valence-electron chi connectivity index (χ2n) is 6.86. The molecular weight excluding hydrogens is 345 g/mol. The topological polar surface area (TPSA) is 66.6 Å². The quantitative estimate of drug-likeness (QED) is 0.901. The normalized spacial score (nSPS) is 15.5. The molecule has 2 amide bonds. The molecule has 1 aliphatic rings. The number of amides is 2. The summed E-state index contributed by atoms with van der Waals surface area (Å²) in [7, 11) is 0. The van der Waals surface area contributed by atoms with Gasteiger partial charge in [-0.1, -0.05) is 36.4 Å². The van der Waals surface area contributed by atoms with Crippen molar-refractivity contribution in [3.8, 4) is 0 Å². The van der Waals surface area contributed by atoms with Crippen molar-refractivity contribution in [2.24, 2.45) is 5.73 Å². The summed E-state index contributed by atoms with van der Waals surface area (Å²) in [4.78, 5) is 28.4. The van der Waals surface area contributed by atoms with Gasteiger partial charge in [-0.2, -0.15) is 0 Å². The van der Waals surface area contributed by atoms with Gasteiger partial charge in [0.25, 0.3) is 5.91 Å². The van der Waals surface area contributed by atoms with Gasteiger partial charge in [0.2, 0.25) is 5.91 Å². The largest absolute Gasteiger partial charge is 0.339 e. The Bertz CT molecular complexity index is 817. The Hall–Kier alpha value is -2.73. The summed E-state index contributed by atoms with van der Waals surface area (Å²) in [5.74, 6) is -0.605. The van der Waals surface area contributed by atoms with Gasteiger partial charge in [0.1, 0.15) is 5.82 Å². The van der Waals surface area contributed by atoms with Crippen molar-refractivity contribution in [1.82, 2.24) is 9.80 Å². The summed E-state index contributed by atoms with van der Waals surface area (Å²) in [5.41, 5.74) is 7.91. The molecule has 1 heterocycles. The first-order valence-electron chi connectivity index (χ1n) is 9.09. The van der Waals surface area contributed by atoms with Crippen LogP contribution in [0.1, 0.15) is 33.9 Å². The van der Waals surface area contributed by atoms with Crippen LogP contribution in [0.2, 0.25) is 0 Å². The molecule has 0 spiro atoms. The van der Waals surface area contributed by atoms with Gasteiger partial charge < -0.3 is 15.5 Å². The third-order valence-electron chi connectivity index (χ3n) is 4.96. The van der Waals surface area contributed by atoms with Gasteiger partial charge in [0, 0.05) is 44.2 Å². The first kappa shape index (κ1) is 19.0. The number of nitrogens with two attached hydrogens (primary N) is 1. The standard InChI is InChI=1S/C21H24FN3O2/c1-15-7-8-17(13-18(15)22)21(27)25-11-9-24(10-12-25)20(26)14-19(23)16-5-3-2-4-6-16/h2-8,13,19H,9-12,14,23H2,1H3. The molecule has 2 N–H and O–H groups in total. The average molecular weight is 369 g/mol. The van der Waals surface area contributed by atoms with Gasteiger partial charge in [-0.15, -0.1) is 0 Å². The molecule has 1 aliphatic heterocycles. The van der Waals surface area contributed by atoms with E-state index >= 15 is 0 Å². The van der Waals surface area contributed by atoms with Gasteiger partial charge in [-0.25, -0.2) is 4.39 Å². The maximum Gasteiger partial charge on any atom is 0.254 e. The van der Waals surface area contributed by atoms with Crippen LogP contribution >= 0.6 is 0 Å². The zero-order chi connectivity index (χ0) is 19.4. The second-order valence-corrected chi connectivity index (χ2v) is 6.86. The number of halogens is 1. The van der Waals surface area contributed by atoms with Crippen molar-refractivity contribution in [2.45, 2.75) is 19.4 Å². The minimum atomic E-state index is -0.385.